The van der Waals surface area contributed by atoms with Crippen molar-refractivity contribution in [2.45, 2.75) is 0 Å². The molecule has 34 heavy (non-hydrogen) atoms. The van der Waals surface area contributed by atoms with E-state index in [1.807, 2.05) is 18.2 Å². The van der Waals surface area contributed by atoms with Crippen LogP contribution in [0.5, 0.6) is 0 Å². The molecule has 0 aliphatic carbocycles. The van der Waals surface area contributed by atoms with Gasteiger partial charge in [0.2, 0.25) is 5.88 Å². The molecule has 4 N–H and O–H groups in total. The third-order valence-corrected chi connectivity index (χ3v) is 5.41. The maximum absolute atomic E-state index is 13.5. The van der Waals surface area contributed by atoms with Gasteiger partial charge in [-0.2, -0.15) is 0 Å². The lowest BCUT2D eigenvalue weighted by Crippen LogP contribution is -2.13. The van der Waals surface area contributed by atoms with Gasteiger partial charge in [0.25, 0.3) is 5.91 Å². The lowest BCUT2D eigenvalue weighted by atomic mass is 10.1. The second-order valence-corrected chi connectivity index (χ2v) is 7.79. The first-order valence-corrected chi connectivity index (χ1v) is 10.6. The maximum atomic E-state index is 13.5. The molecule has 9 heteroatoms. The Labute approximate surface area is 198 Å². The van der Waals surface area contributed by atoms with Crippen LogP contribution in [0.3, 0.4) is 0 Å². The van der Waals surface area contributed by atoms with Gasteiger partial charge in [0.05, 0.1) is 10.4 Å². The molecule has 3 heterocycles. The summed E-state index contributed by atoms with van der Waals surface area (Å²) in [6.45, 7) is 0. The van der Waals surface area contributed by atoms with E-state index in [1.54, 1.807) is 42.6 Å². The molecule has 0 spiro atoms. The van der Waals surface area contributed by atoms with Crippen molar-refractivity contribution in [2.75, 3.05) is 16.4 Å². The first kappa shape index (κ1) is 21.4. The minimum absolute atomic E-state index is 0.0168. The van der Waals surface area contributed by atoms with Crippen LogP contribution in [-0.2, 0) is 0 Å². The van der Waals surface area contributed by atoms with Gasteiger partial charge in [0, 0.05) is 29.3 Å². The van der Waals surface area contributed by atoms with Gasteiger partial charge >= 0.3 is 0 Å². The van der Waals surface area contributed by atoms with Crippen LogP contribution in [0.4, 0.5) is 27.3 Å². The van der Waals surface area contributed by atoms with Crippen LogP contribution in [-0.4, -0.2) is 15.9 Å². The van der Waals surface area contributed by atoms with Crippen LogP contribution < -0.4 is 16.4 Å². The number of furan rings is 1. The lowest BCUT2D eigenvalue weighted by molar-refractivity contribution is 0.102. The summed E-state index contributed by atoms with van der Waals surface area (Å²) >= 11 is 5.89. The number of benzene rings is 2. The number of fused-ring (bicyclic) bond motifs is 1. The number of carbonyl (C=O) groups is 1. The Balaban J connectivity index is 1.50. The fourth-order valence-electron chi connectivity index (χ4n) is 3.51. The van der Waals surface area contributed by atoms with Gasteiger partial charge in [-0.15, -0.1) is 0 Å². The molecule has 2 aromatic carbocycles. The number of nitrogens with one attached hydrogen (secondary N) is 2. The highest BCUT2D eigenvalue weighted by molar-refractivity contribution is 6.31. The number of anilines is 4. The van der Waals surface area contributed by atoms with Crippen LogP contribution in [0.2, 0.25) is 5.02 Å². The molecular weight excluding hydrogens is 457 g/mol. The Morgan fingerprint density at radius 2 is 1.76 bits per heavy atom. The number of pyridine rings is 2. The molecule has 0 radical (unpaired) electrons. The van der Waals surface area contributed by atoms with E-state index < -0.39 is 5.82 Å². The number of para-hydroxylation sites is 1. The van der Waals surface area contributed by atoms with Crippen molar-refractivity contribution < 1.29 is 13.6 Å². The van der Waals surface area contributed by atoms with E-state index in [9.17, 15) is 9.18 Å². The SMILES string of the molecule is Nc1oc2c(-c3ccnc(C(=O)Nc4ccccc4)c3)nccc2c1Nc1ccc(F)c(Cl)c1. The van der Waals surface area contributed by atoms with Crippen molar-refractivity contribution in [1.82, 2.24) is 9.97 Å². The van der Waals surface area contributed by atoms with Gasteiger partial charge in [-0.05, 0) is 48.5 Å². The van der Waals surface area contributed by atoms with Crippen molar-refractivity contribution >= 4 is 51.4 Å². The van der Waals surface area contributed by atoms with E-state index in [-0.39, 0.29) is 22.5 Å². The topological polar surface area (TPSA) is 106 Å². The van der Waals surface area contributed by atoms with Gasteiger partial charge in [-0.1, -0.05) is 29.8 Å². The smallest absolute Gasteiger partial charge is 0.274 e. The van der Waals surface area contributed by atoms with Crippen LogP contribution >= 0.6 is 11.6 Å². The van der Waals surface area contributed by atoms with Crippen LogP contribution in [0.15, 0.2) is 83.5 Å². The van der Waals surface area contributed by atoms with Gasteiger partial charge in [0.1, 0.15) is 22.9 Å². The predicted octanol–water partition coefficient (Wildman–Crippen LogP) is 6.26. The summed E-state index contributed by atoms with van der Waals surface area (Å²) in [5.41, 5.74) is 9.61. The number of hydrogen-bond donors (Lipinski definition) is 3. The van der Waals surface area contributed by atoms with Crippen molar-refractivity contribution in [1.29, 1.82) is 0 Å². The molecular formula is C25H17ClFN5O2. The number of carbonyl (C=O) groups excluding carboxylic acids is 1. The van der Waals surface area contributed by atoms with Gasteiger partial charge in [-0.25, -0.2) is 4.39 Å². The first-order chi connectivity index (χ1) is 16.5. The number of nitrogens with zero attached hydrogens (tertiary/aromatic N) is 2. The molecule has 0 atom stereocenters. The molecule has 0 aliphatic rings. The number of nitrogens with two attached hydrogens (primary N) is 1. The van der Waals surface area contributed by atoms with E-state index in [4.69, 9.17) is 21.8 Å². The highest BCUT2D eigenvalue weighted by Crippen LogP contribution is 2.39. The Morgan fingerprint density at radius 3 is 2.56 bits per heavy atom. The van der Waals surface area contributed by atoms with Crippen LogP contribution in [0.1, 0.15) is 10.5 Å². The molecule has 0 saturated heterocycles. The molecule has 5 rings (SSSR count). The van der Waals surface area contributed by atoms with E-state index in [0.717, 1.165) is 0 Å². The molecule has 0 saturated carbocycles. The maximum Gasteiger partial charge on any atom is 0.274 e. The fraction of sp³-hybridized carbons (Fsp3) is 0. The molecule has 3 aromatic heterocycles. The number of hydrogen-bond acceptors (Lipinski definition) is 6. The molecule has 7 nitrogen and oxygen atoms in total. The second-order valence-electron chi connectivity index (χ2n) is 7.38. The third-order valence-electron chi connectivity index (χ3n) is 5.12. The van der Waals surface area contributed by atoms with Crippen molar-refractivity contribution in [3.63, 3.8) is 0 Å². The number of amides is 1. The number of aromatic nitrogens is 2. The molecule has 168 valence electrons. The monoisotopic (exact) mass is 473 g/mol. The van der Waals surface area contributed by atoms with Crippen LogP contribution in [0.25, 0.3) is 22.2 Å². The zero-order valence-corrected chi connectivity index (χ0v) is 18.3. The molecule has 5 aromatic rings. The quantitative estimate of drug-likeness (QED) is 0.278. The molecule has 1 amide bonds. The van der Waals surface area contributed by atoms with Crippen molar-refractivity contribution in [3.8, 4) is 11.3 Å². The molecule has 0 aliphatic heterocycles. The highest BCUT2D eigenvalue weighted by Gasteiger charge is 2.19. The standard InChI is InChI=1S/C25H17ClFN5O2/c26-18-13-16(6-7-19(18)27)31-22-17-9-11-30-21(23(17)34-24(22)28)14-8-10-29-20(12-14)25(33)32-15-4-2-1-3-5-15/h1-13,31H,28H2,(H,32,33). The summed E-state index contributed by atoms with van der Waals surface area (Å²) in [6, 6.07) is 18.5. The zero-order valence-electron chi connectivity index (χ0n) is 17.5. The minimum atomic E-state index is -0.520. The lowest BCUT2D eigenvalue weighted by Gasteiger charge is -2.07. The highest BCUT2D eigenvalue weighted by atomic mass is 35.5. The molecule has 0 unspecified atom stereocenters. The third kappa shape index (κ3) is 4.14. The predicted molar refractivity (Wildman–Crippen MR) is 131 cm³/mol. The average molecular weight is 474 g/mol. The Bertz CT molecular complexity index is 1520. The van der Waals surface area contributed by atoms with Crippen molar-refractivity contribution in [3.05, 3.63) is 95.7 Å². The zero-order chi connectivity index (χ0) is 23.7. The molecule has 0 bridgehead atoms. The first-order valence-electron chi connectivity index (χ1n) is 10.2. The molecule has 0 fully saturated rings. The Morgan fingerprint density at radius 1 is 0.971 bits per heavy atom. The summed E-state index contributed by atoms with van der Waals surface area (Å²) in [5, 5.41) is 6.58. The van der Waals surface area contributed by atoms with E-state index in [1.165, 1.54) is 18.3 Å². The summed E-state index contributed by atoms with van der Waals surface area (Å²) in [6.07, 6.45) is 3.14. The summed E-state index contributed by atoms with van der Waals surface area (Å²) < 4.78 is 19.3. The normalized spacial score (nSPS) is 10.9. The van der Waals surface area contributed by atoms with E-state index >= 15 is 0 Å². The Kier molecular flexibility index (Phi) is 5.57. The largest absolute Gasteiger partial charge is 0.436 e. The summed E-state index contributed by atoms with van der Waals surface area (Å²) in [4.78, 5) is 21.3. The fourth-order valence-corrected chi connectivity index (χ4v) is 3.69. The summed E-state index contributed by atoms with van der Waals surface area (Å²) in [7, 11) is 0. The summed E-state index contributed by atoms with van der Waals surface area (Å²) in [5.74, 6) is -0.746. The van der Waals surface area contributed by atoms with Crippen LogP contribution in [0, 0.1) is 5.82 Å². The number of nitrogen functional groups attached to an aromatic ring is 1. The van der Waals surface area contributed by atoms with Gasteiger partial charge in [-0.3, -0.25) is 14.8 Å². The second kappa shape index (κ2) is 8.84. The number of rotatable bonds is 5. The van der Waals surface area contributed by atoms with Gasteiger partial charge in [0.15, 0.2) is 5.58 Å². The minimum Gasteiger partial charge on any atom is -0.436 e. The van der Waals surface area contributed by atoms with E-state index in [0.29, 0.717) is 39.3 Å². The number of halogens is 2. The van der Waals surface area contributed by atoms with Crippen molar-refractivity contribution in [2.24, 2.45) is 0 Å². The average Bonchev–Trinajstić information content (AvgIpc) is 3.17. The van der Waals surface area contributed by atoms with Gasteiger partial charge < -0.3 is 20.8 Å². The van der Waals surface area contributed by atoms with E-state index in [2.05, 4.69) is 20.6 Å². The Hall–Kier alpha value is -4.43.